The average Bonchev–Trinajstić information content (AvgIpc) is 4.11. The lowest BCUT2D eigenvalue weighted by Crippen LogP contribution is -1.91. The molecule has 0 aliphatic carbocycles. The predicted octanol–water partition coefficient (Wildman–Crippen LogP) is 15.3. The number of aromatic nitrogens is 4. The fourth-order valence-corrected chi connectivity index (χ4v) is 10.5. The molecule has 11 aromatic rings. The van der Waals surface area contributed by atoms with Crippen molar-refractivity contribution in [3.63, 3.8) is 0 Å². The second-order valence-electron chi connectivity index (χ2n) is 15.3. The Bertz CT molecular complexity index is 3550. The zero-order valence-corrected chi connectivity index (χ0v) is 33.8. The average molecular weight is 869 g/mol. The van der Waals surface area contributed by atoms with Gasteiger partial charge in [-0.25, -0.2) is 9.97 Å². The molecule has 0 spiro atoms. The number of hydrogen-bond acceptors (Lipinski definition) is 2. The van der Waals surface area contributed by atoms with Crippen LogP contribution in [0.5, 0.6) is 0 Å². The minimum absolute atomic E-state index is 0.850. The highest BCUT2D eigenvalue weighted by atomic mass is 79.9. The van der Waals surface area contributed by atoms with Crippen LogP contribution in [0.3, 0.4) is 0 Å². The van der Waals surface area contributed by atoms with E-state index in [-0.39, 0.29) is 0 Å². The Morgan fingerprint density at radius 3 is 1.10 bits per heavy atom. The van der Waals surface area contributed by atoms with Crippen molar-refractivity contribution in [2.24, 2.45) is 0 Å². The van der Waals surface area contributed by atoms with E-state index in [4.69, 9.17) is 9.97 Å². The first-order valence-corrected chi connectivity index (χ1v) is 21.0. The maximum Gasteiger partial charge on any atom is 0.0801 e. The number of rotatable bonds is 2. The van der Waals surface area contributed by atoms with Crippen LogP contribution >= 0.6 is 31.9 Å². The lowest BCUT2D eigenvalue weighted by molar-refractivity contribution is 1.30. The Kier molecular flexibility index (Phi) is 6.70. The van der Waals surface area contributed by atoms with E-state index in [1.54, 1.807) is 0 Å². The molecular weight excluding hydrogens is 840 g/mol. The van der Waals surface area contributed by atoms with Gasteiger partial charge in [0, 0.05) is 22.2 Å². The van der Waals surface area contributed by atoms with Gasteiger partial charge in [0.25, 0.3) is 0 Å². The van der Waals surface area contributed by atoms with Gasteiger partial charge in [-0.15, -0.1) is 0 Å². The molecule has 4 nitrogen and oxygen atoms in total. The Morgan fingerprint density at radius 2 is 0.672 bits per heavy atom. The molecule has 0 atom stereocenters. The van der Waals surface area contributed by atoms with E-state index in [0.29, 0.717) is 0 Å². The molecule has 8 aromatic carbocycles. The number of nitrogens with one attached hydrogen (secondary N) is 2. The quantitative estimate of drug-likeness (QED) is 0.170. The molecule has 270 valence electrons. The molecule has 2 aliphatic heterocycles. The molecule has 0 fully saturated rings. The summed E-state index contributed by atoms with van der Waals surface area (Å²) in [5.41, 5.74) is 11.6. The van der Waals surface area contributed by atoms with Crippen molar-refractivity contribution in [2.75, 3.05) is 0 Å². The lowest BCUT2D eigenvalue weighted by Gasteiger charge is -2.15. The van der Waals surface area contributed by atoms with E-state index < -0.39 is 0 Å². The smallest absolute Gasteiger partial charge is 0.0801 e. The summed E-state index contributed by atoms with van der Waals surface area (Å²) in [4.78, 5) is 18.3. The van der Waals surface area contributed by atoms with Crippen LogP contribution in [0.15, 0.2) is 142 Å². The van der Waals surface area contributed by atoms with Gasteiger partial charge in [0.05, 0.1) is 42.8 Å². The third-order valence-electron chi connectivity index (χ3n) is 12.2. The number of aromatic amines is 2. The van der Waals surface area contributed by atoms with Crippen molar-refractivity contribution in [1.29, 1.82) is 0 Å². The van der Waals surface area contributed by atoms with Gasteiger partial charge in [-0.05, 0) is 156 Å². The molecule has 0 amide bonds. The zero-order chi connectivity index (χ0) is 38.2. The molecule has 0 saturated carbocycles. The second kappa shape index (κ2) is 12.0. The van der Waals surface area contributed by atoms with E-state index >= 15 is 0 Å². The molecule has 0 saturated heterocycles. The van der Waals surface area contributed by atoms with E-state index in [9.17, 15) is 0 Å². The summed E-state index contributed by atoms with van der Waals surface area (Å²) in [6, 6.07) is 48.7. The second-order valence-corrected chi connectivity index (χ2v) is 16.9. The molecular formula is C52H28Br2N4. The van der Waals surface area contributed by atoms with E-state index in [1.165, 1.54) is 64.6 Å². The monoisotopic (exact) mass is 866 g/mol. The van der Waals surface area contributed by atoms with E-state index in [2.05, 4.69) is 200 Å². The third-order valence-corrected chi connectivity index (χ3v) is 13.9. The van der Waals surface area contributed by atoms with Crippen LogP contribution in [0, 0.1) is 0 Å². The molecule has 58 heavy (non-hydrogen) atoms. The molecule has 6 heteroatoms. The Hall–Kier alpha value is -6.60. The summed E-state index contributed by atoms with van der Waals surface area (Å²) >= 11 is 8.00. The molecule has 0 radical (unpaired) electrons. The van der Waals surface area contributed by atoms with Crippen LogP contribution in [0.2, 0.25) is 0 Å². The fourth-order valence-electron chi connectivity index (χ4n) is 9.61. The highest BCUT2D eigenvalue weighted by Gasteiger charge is 2.21. The largest absolute Gasteiger partial charge is 0.354 e. The third kappa shape index (κ3) is 4.55. The molecule has 2 aliphatic rings. The highest BCUT2D eigenvalue weighted by Crippen LogP contribution is 2.44. The van der Waals surface area contributed by atoms with Crippen molar-refractivity contribution in [1.82, 2.24) is 19.9 Å². The summed E-state index contributed by atoms with van der Waals surface area (Å²) in [7, 11) is 0. The number of H-pyrrole nitrogens is 2. The van der Waals surface area contributed by atoms with Gasteiger partial charge in [0.15, 0.2) is 0 Å². The molecule has 13 rings (SSSR count). The van der Waals surface area contributed by atoms with E-state index in [1.807, 2.05) is 0 Å². The maximum absolute atomic E-state index is 5.35. The summed E-state index contributed by atoms with van der Waals surface area (Å²) in [6.45, 7) is 0. The molecule has 8 bridgehead atoms. The summed E-state index contributed by atoms with van der Waals surface area (Å²) < 4.78 is 1.78. The lowest BCUT2D eigenvalue weighted by atomic mass is 9.89. The maximum atomic E-state index is 5.35. The number of nitrogens with zero attached hydrogens (tertiary/aromatic N) is 2. The van der Waals surface area contributed by atoms with Gasteiger partial charge >= 0.3 is 0 Å². The molecule has 3 aromatic heterocycles. The first kappa shape index (κ1) is 32.5. The Labute approximate surface area is 348 Å². The van der Waals surface area contributed by atoms with Gasteiger partial charge in [0.2, 0.25) is 0 Å². The van der Waals surface area contributed by atoms with Crippen molar-refractivity contribution in [3.8, 4) is 22.3 Å². The van der Waals surface area contributed by atoms with Crippen LogP contribution in [0.4, 0.5) is 0 Å². The number of fused-ring (bicyclic) bond motifs is 8. The summed E-state index contributed by atoms with van der Waals surface area (Å²) in [5, 5.41) is 15.0. The minimum atomic E-state index is 0.850. The first-order valence-electron chi connectivity index (χ1n) is 19.4. The van der Waals surface area contributed by atoms with Crippen LogP contribution in [0.1, 0.15) is 22.8 Å². The van der Waals surface area contributed by atoms with Gasteiger partial charge in [-0.1, -0.05) is 109 Å². The van der Waals surface area contributed by atoms with Gasteiger partial charge in [-0.3, -0.25) is 0 Å². The van der Waals surface area contributed by atoms with Crippen molar-refractivity contribution in [3.05, 3.63) is 165 Å². The van der Waals surface area contributed by atoms with Crippen LogP contribution < -0.4 is 0 Å². The topological polar surface area (TPSA) is 57.4 Å². The Balaban J connectivity index is 1.12. The van der Waals surface area contributed by atoms with Gasteiger partial charge in [0.1, 0.15) is 0 Å². The standard InChI is InChI=1S/C52H28Br2N4/c53-51-41-23-19-37(55-41)49(35-17-13-31-9-7-27-3-1-5-29-11-15-33(35)47(31)45(27)29)38-20-24-42(56-38)52(54)44-26-22-40(58-44)50(39-21-25-43(51)57-39)36-18-14-32-10-8-28-4-2-6-30-12-16-34(36)48(32)46(28)30/h1-26,55,58H. The molecule has 2 N–H and O–H groups in total. The number of benzene rings is 8. The number of hydrogen-bond donors (Lipinski definition) is 2. The van der Waals surface area contributed by atoms with Crippen LogP contribution in [-0.2, 0) is 0 Å². The molecule has 5 heterocycles. The van der Waals surface area contributed by atoms with E-state index in [0.717, 1.165) is 76.0 Å². The summed E-state index contributed by atoms with van der Waals surface area (Å²) in [6.07, 6.45) is 8.49. The highest BCUT2D eigenvalue weighted by molar-refractivity contribution is 9.11. The van der Waals surface area contributed by atoms with Crippen LogP contribution in [-0.4, -0.2) is 19.9 Å². The van der Waals surface area contributed by atoms with Crippen molar-refractivity contribution >= 4 is 143 Å². The van der Waals surface area contributed by atoms with Crippen LogP contribution in [0.25, 0.3) is 133 Å². The minimum Gasteiger partial charge on any atom is -0.354 e. The fraction of sp³-hybridized carbons (Fsp3) is 0. The van der Waals surface area contributed by atoms with Gasteiger partial charge < -0.3 is 9.97 Å². The SMILES string of the molecule is Brc1c2nc(c(-c3ccc4ccc5cccc6ccc3c4c56)c3ccc([nH]3)c(Br)c3nc(c(-c4ccc5ccc6cccc7ccc4c5c67)c4ccc1[nH]4)C=C3)C=C2. The number of halogens is 2. The zero-order valence-electron chi connectivity index (χ0n) is 30.7. The predicted molar refractivity (Wildman–Crippen MR) is 253 cm³/mol. The Morgan fingerprint density at radius 1 is 0.328 bits per heavy atom. The normalized spacial score (nSPS) is 12.9. The van der Waals surface area contributed by atoms with Gasteiger partial charge in [-0.2, -0.15) is 0 Å². The van der Waals surface area contributed by atoms with Crippen molar-refractivity contribution in [2.45, 2.75) is 0 Å². The summed E-state index contributed by atoms with van der Waals surface area (Å²) in [5.74, 6) is 0. The first-order chi connectivity index (χ1) is 28.6. The van der Waals surface area contributed by atoms with Crippen molar-refractivity contribution < 1.29 is 0 Å². The molecule has 0 unspecified atom stereocenters.